The van der Waals surface area contributed by atoms with Crippen molar-refractivity contribution >= 4 is 5.97 Å². The van der Waals surface area contributed by atoms with Crippen LogP contribution in [0.4, 0.5) is 0 Å². The summed E-state index contributed by atoms with van der Waals surface area (Å²) in [6, 6.07) is 7.34. The van der Waals surface area contributed by atoms with Crippen LogP contribution in [0.25, 0.3) is 0 Å². The molecule has 0 N–H and O–H groups in total. The van der Waals surface area contributed by atoms with Gasteiger partial charge < -0.3 is 23.7 Å². The number of carbonyl (C=O) groups excluding carboxylic acids is 1. The van der Waals surface area contributed by atoms with Crippen molar-refractivity contribution in [1.29, 1.82) is 0 Å². The van der Waals surface area contributed by atoms with Crippen LogP contribution in [0.5, 0.6) is 0 Å². The fraction of sp³-hybridized carbons (Fsp3) is 0.632. The zero-order valence-electron chi connectivity index (χ0n) is 15.3. The molecule has 0 heterocycles. The quantitative estimate of drug-likeness (QED) is 0.356. The van der Waals surface area contributed by atoms with E-state index in [1.165, 1.54) is 0 Å². The minimum atomic E-state index is -0.321. The average Bonchev–Trinajstić information content (AvgIpc) is 2.62. The van der Waals surface area contributed by atoms with Gasteiger partial charge in [0, 0.05) is 6.61 Å². The first-order chi connectivity index (χ1) is 12.3. The summed E-state index contributed by atoms with van der Waals surface area (Å²) in [5, 5.41) is 0. The number of hydrogen-bond donors (Lipinski definition) is 0. The molecular formula is C19H30O6. The molecule has 0 atom stereocenters. The molecule has 1 aromatic rings. The number of hydrogen-bond acceptors (Lipinski definition) is 6. The van der Waals surface area contributed by atoms with Crippen LogP contribution < -0.4 is 0 Å². The zero-order valence-corrected chi connectivity index (χ0v) is 15.3. The summed E-state index contributed by atoms with van der Waals surface area (Å²) < 4.78 is 26.6. The molecule has 0 saturated carbocycles. The fourth-order valence-electron chi connectivity index (χ4n) is 1.98. The summed E-state index contributed by atoms with van der Waals surface area (Å²) in [4.78, 5) is 11.9. The van der Waals surface area contributed by atoms with Gasteiger partial charge in [-0.1, -0.05) is 25.1 Å². The number of carbonyl (C=O) groups is 1. The SMILES string of the molecule is CCCOCCOCCOCCOCCOC(=O)c1ccccc1C. The summed E-state index contributed by atoms with van der Waals surface area (Å²) in [5.74, 6) is -0.321. The Kier molecular flexibility index (Phi) is 12.8. The van der Waals surface area contributed by atoms with E-state index in [0.29, 0.717) is 51.8 Å². The highest BCUT2D eigenvalue weighted by Gasteiger charge is 2.08. The highest BCUT2D eigenvalue weighted by Crippen LogP contribution is 2.08. The van der Waals surface area contributed by atoms with Crippen molar-refractivity contribution in [2.45, 2.75) is 20.3 Å². The summed E-state index contributed by atoms with van der Waals surface area (Å²) in [5.41, 5.74) is 1.49. The molecule has 6 heteroatoms. The van der Waals surface area contributed by atoms with Gasteiger partial charge >= 0.3 is 5.97 Å². The molecule has 0 spiro atoms. The maximum atomic E-state index is 11.9. The van der Waals surface area contributed by atoms with Crippen LogP contribution >= 0.6 is 0 Å². The molecule has 0 aliphatic heterocycles. The zero-order chi connectivity index (χ0) is 18.2. The molecule has 0 bridgehead atoms. The smallest absolute Gasteiger partial charge is 0.338 e. The Hall–Kier alpha value is -1.47. The summed E-state index contributed by atoms with van der Waals surface area (Å²) in [7, 11) is 0. The van der Waals surface area contributed by atoms with Crippen LogP contribution in [0.2, 0.25) is 0 Å². The van der Waals surface area contributed by atoms with Crippen LogP contribution in [0.3, 0.4) is 0 Å². The van der Waals surface area contributed by atoms with E-state index in [4.69, 9.17) is 23.7 Å². The Balaban J connectivity index is 1.86. The molecule has 0 aliphatic carbocycles. The Labute approximate surface area is 150 Å². The summed E-state index contributed by atoms with van der Waals surface area (Å²) in [6.45, 7) is 8.55. The molecule has 0 unspecified atom stereocenters. The molecule has 0 aromatic heterocycles. The molecule has 1 aromatic carbocycles. The molecule has 6 nitrogen and oxygen atoms in total. The number of esters is 1. The average molecular weight is 354 g/mol. The topological polar surface area (TPSA) is 63.2 Å². The third kappa shape index (κ3) is 10.9. The standard InChI is InChI=1S/C19H30O6/c1-3-8-21-9-10-22-11-12-23-13-14-24-15-16-25-19(20)18-7-5-4-6-17(18)2/h4-7H,3,8-16H2,1-2H3. The fourth-order valence-corrected chi connectivity index (χ4v) is 1.98. The predicted molar refractivity (Wildman–Crippen MR) is 95.0 cm³/mol. The molecule has 25 heavy (non-hydrogen) atoms. The number of aryl methyl sites for hydroxylation is 1. The first kappa shape index (κ1) is 21.6. The third-order valence-electron chi connectivity index (χ3n) is 3.29. The Morgan fingerprint density at radius 3 is 1.76 bits per heavy atom. The van der Waals surface area contributed by atoms with Gasteiger partial charge in [-0.05, 0) is 25.0 Å². The van der Waals surface area contributed by atoms with Crippen LogP contribution in [0.1, 0.15) is 29.3 Å². The second-order valence-electron chi connectivity index (χ2n) is 5.40. The molecule has 0 radical (unpaired) electrons. The van der Waals surface area contributed by atoms with Crippen molar-refractivity contribution in [3.63, 3.8) is 0 Å². The van der Waals surface area contributed by atoms with Crippen molar-refractivity contribution in [2.24, 2.45) is 0 Å². The molecule has 0 aliphatic rings. The van der Waals surface area contributed by atoms with Gasteiger partial charge in [0.05, 0.1) is 51.8 Å². The largest absolute Gasteiger partial charge is 0.460 e. The molecule has 1 rings (SSSR count). The van der Waals surface area contributed by atoms with Gasteiger partial charge in [0.15, 0.2) is 0 Å². The first-order valence-electron chi connectivity index (χ1n) is 8.79. The number of benzene rings is 1. The predicted octanol–water partition coefficient (Wildman–Crippen LogP) is 2.63. The van der Waals surface area contributed by atoms with Crippen molar-refractivity contribution in [1.82, 2.24) is 0 Å². The third-order valence-corrected chi connectivity index (χ3v) is 3.29. The van der Waals surface area contributed by atoms with Crippen LogP contribution in [-0.4, -0.2) is 65.4 Å². The van der Waals surface area contributed by atoms with Gasteiger partial charge in [-0.3, -0.25) is 0 Å². The Bertz CT molecular complexity index is 463. The Morgan fingerprint density at radius 1 is 0.760 bits per heavy atom. The molecule has 0 fully saturated rings. The van der Waals surface area contributed by atoms with E-state index in [9.17, 15) is 4.79 Å². The first-order valence-corrected chi connectivity index (χ1v) is 8.79. The van der Waals surface area contributed by atoms with E-state index in [1.54, 1.807) is 6.07 Å². The minimum absolute atomic E-state index is 0.230. The Morgan fingerprint density at radius 2 is 1.24 bits per heavy atom. The van der Waals surface area contributed by atoms with Crippen LogP contribution in [-0.2, 0) is 23.7 Å². The normalized spacial score (nSPS) is 10.8. The van der Waals surface area contributed by atoms with Crippen molar-refractivity contribution in [3.05, 3.63) is 35.4 Å². The lowest BCUT2D eigenvalue weighted by Gasteiger charge is -2.08. The highest BCUT2D eigenvalue weighted by molar-refractivity contribution is 5.90. The van der Waals surface area contributed by atoms with Crippen molar-refractivity contribution in [3.8, 4) is 0 Å². The van der Waals surface area contributed by atoms with Gasteiger partial charge in [0.2, 0.25) is 0 Å². The van der Waals surface area contributed by atoms with Gasteiger partial charge in [0.1, 0.15) is 6.61 Å². The maximum Gasteiger partial charge on any atom is 0.338 e. The molecule has 142 valence electrons. The van der Waals surface area contributed by atoms with Gasteiger partial charge in [-0.25, -0.2) is 4.79 Å². The number of ether oxygens (including phenoxy) is 5. The lowest BCUT2D eigenvalue weighted by molar-refractivity contribution is -0.00887. The van der Waals surface area contributed by atoms with Crippen molar-refractivity contribution in [2.75, 3.05) is 59.5 Å². The lowest BCUT2D eigenvalue weighted by atomic mass is 10.1. The molecule has 0 amide bonds. The highest BCUT2D eigenvalue weighted by atomic mass is 16.6. The van der Waals surface area contributed by atoms with Crippen LogP contribution in [0.15, 0.2) is 24.3 Å². The van der Waals surface area contributed by atoms with Crippen LogP contribution in [0, 0.1) is 6.92 Å². The van der Waals surface area contributed by atoms with Gasteiger partial charge in [0.25, 0.3) is 0 Å². The summed E-state index contributed by atoms with van der Waals surface area (Å²) >= 11 is 0. The van der Waals surface area contributed by atoms with E-state index in [-0.39, 0.29) is 12.6 Å². The second-order valence-corrected chi connectivity index (χ2v) is 5.40. The van der Waals surface area contributed by atoms with E-state index >= 15 is 0 Å². The van der Waals surface area contributed by atoms with E-state index < -0.39 is 0 Å². The maximum absolute atomic E-state index is 11.9. The minimum Gasteiger partial charge on any atom is -0.460 e. The molecular weight excluding hydrogens is 324 g/mol. The molecule has 0 saturated heterocycles. The van der Waals surface area contributed by atoms with E-state index in [1.807, 2.05) is 25.1 Å². The lowest BCUT2D eigenvalue weighted by Crippen LogP contribution is -2.15. The monoisotopic (exact) mass is 354 g/mol. The summed E-state index contributed by atoms with van der Waals surface area (Å²) in [6.07, 6.45) is 1.02. The van der Waals surface area contributed by atoms with E-state index in [0.717, 1.165) is 18.6 Å². The number of rotatable bonds is 15. The second kappa shape index (κ2) is 14.8. The van der Waals surface area contributed by atoms with E-state index in [2.05, 4.69) is 6.92 Å². The van der Waals surface area contributed by atoms with Crippen molar-refractivity contribution < 1.29 is 28.5 Å². The van der Waals surface area contributed by atoms with Gasteiger partial charge in [-0.15, -0.1) is 0 Å². The van der Waals surface area contributed by atoms with Gasteiger partial charge in [-0.2, -0.15) is 0 Å².